The van der Waals surface area contributed by atoms with E-state index in [1.54, 1.807) is 7.11 Å². The number of hydrogen-bond acceptors (Lipinski definition) is 3. The molecule has 102 valence electrons. The first-order chi connectivity index (χ1) is 8.99. The summed E-state index contributed by atoms with van der Waals surface area (Å²) in [7, 11) is 3.63. The van der Waals surface area contributed by atoms with Gasteiger partial charge in [-0.3, -0.25) is 4.68 Å². The van der Waals surface area contributed by atoms with Crippen molar-refractivity contribution < 1.29 is 4.74 Å². The zero-order valence-electron chi connectivity index (χ0n) is 12.2. The second kappa shape index (κ2) is 5.05. The van der Waals surface area contributed by atoms with E-state index < -0.39 is 0 Å². The van der Waals surface area contributed by atoms with Crippen molar-refractivity contribution in [1.82, 2.24) is 9.78 Å². The maximum absolute atomic E-state index is 5.86. The van der Waals surface area contributed by atoms with Crippen LogP contribution in [0, 0.1) is 20.8 Å². The molecule has 0 saturated heterocycles. The fourth-order valence-electron chi connectivity index (χ4n) is 2.57. The summed E-state index contributed by atoms with van der Waals surface area (Å²) in [6.45, 7) is 6.64. The van der Waals surface area contributed by atoms with Gasteiger partial charge >= 0.3 is 0 Å². The van der Waals surface area contributed by atoms with Gasteiger partial charge in [0.1, 0.15) is 5.75 Å². The van der Waals surface area contributed by atoms with Crippen LogP contribution in [0.1, 0.15) is 22.5 Å². The van der Waals surface area contributed by atoms with Crippen molar-refractivity contribution in [1.29, 1.82) is 0 Å². The molecule has 0 unspecified atom stereocenters. The van der Waals surface area contributed by atoms with Crippen molar-refractivity contribution in [2.24, 2.45) is 12.8 Å². The predicted octanol–water partition coefficient (Wildman–Crippen LogP) is 2.48. The average molecular weight is 259 g/mol. The Labute approximate surface area is 114 Å². The van der Waals surface area contributed by atoms with Crippen molar-refractivity contribution in [2.45, 2.75) is 27.3 Å². The zero-order valence-corrected chi connectivity index (χ0v) is 12.2. The lowest BCUT2D eigenvalue weighted by molar-refractivity contribution is 0.411. The molecule has 1 aromatic carbocycles. The van der Waals surface area contributed by atoms with Gasteiger partial charge in [0.15, 0.2) is 0 Å². The van der Waals surface area contributed by atoms with Gasteiger partial charge < -0.3 is 10.5 Å². The molecule has 0 saturated carbocycles. The van der Waals surface area contributed by atoms with Gasteiger partial charge in [0, 0.05) is 19.2 Å². The summed E-state index contributed by atoms with van der Waals surface area (Å²) in [6.07, 6.45) is 0. The second-order valence-electron chi connectivity index (χ2n) is 4.87. The first kappa shape index (κ1) is 13.6. The van der Waals surface area contributed by atoms with E-state index in [4.69, 9.17) is 10.5 Å². The van der Waals surface area contributed by atoms with Crippen LogP contribution in [-0.4, -0.2) is 16.9 Å². The molecule has 4 heteroatoms. The van der Waals surface area contributed by atoms with Crippen LogP contribution in [0.2, 0.25) is 0 Å². The van der Waals surface area contributed by atoms with Crippen LogP contribution in [0.4, 0.5) is 0 Å². The number of benzene rings is 1. The summed E-state index contributed by atoms with van der Waals surface area (Å²) in [6, 6.07) is 4.22. The molecule has 2 aromatic rings. The summed E-state index contributed by atoms with van der Waals surface area (Å²) in [4.78, 5) is 0. The third-order valence-corrected chi connectivity index (χ3v) is 3.55. The molecule has 0 amide bonds. The van der Waals surface area contributed by atoms with E-state index in [1.807, 2.05) is 18.7 Å². The largest absolute Gasteiger partial charge is 0.496 e. The minimum Gasteiger partial charge on any atom is -0.496 e. The van der Waals surface area contributed by atoms with Crippen molar-refractivity contribution in [3.8, 4) is 16.9 Å². The Bertz CT molecular complexity index is 614. The highest BCUT2D eigenvalue weighted by molar-refractivity contribution is 5.73. The Morgan fingerprint density at radius 2 is 1.89 bits per heavy atom. The smallest absolute Gasteiger partial charge is 0.122 e. The van der Waals surface area contributed by atoms with Crippen molar-refractivity contribution >= 4 is 0 Å². The molecule has 1 aromatic heterocycles. The Kier molecular flexibility index (Phi) is 3.62. The summed E-state index contributed by atoms with van der Waals surface area (Å²) in [5.74, 6) is 0.914. The van der Waals surface area contributed by atoms with Crippen molar-refractivity contribution in [3.05, 3.63) is 34.6 Å². The number of aromatic nitrogens is 2. The standard InChI is InChI=1S/C15H21N3O/c1-9-7-14(19-5)10(2)6-12(9)15-11(3)17-18(4)13(15)8-16/h6-7H,8,16H2,1-5H3. The van der Waals surface area contributed by atoms with E-state index in [0.29, 0.717) is 6.54 Å². The molecule has 0 aliphatic rings. The Hall–Kier alpha value is -1.81. The lowest BCUT2D eigenvalue weighted by Gasteiger charge is -2.12. The molecular weight excluding hydrogens is 238 g/mol. The highest BCUT2D eigenvalue weighted by Gasteiger charge is 2.17. The molecule has 4 nitrogen and oxygen atoms in total. The second-order valence-corrected chi connectivity index (χ2v) is 4.87. The maximum atomic E-state index is 5.86. The molecule has 0 radical (unpaired) electrons. The van der Waals surface area contributed by atoms with Crippen LogP contribution in [0.3, 0.4) is 0 Å². The van der Waals surface area contributed by atoms with Gasteiger partial charge in [-0.2, -0.15) is 5.10 Å². The molecule has 2 rings (SSSR count). The van der Waals surface area contributed by atoms with E-state index in [1.165, 1.54) is 11.1 Å². The molecule has 0 aliphatic heterocycles. The SMILES string of the molecule is COc1cc(C)c(-c2c(C)nn(C)c2CN)cc1C. The maximum Gasteiger partial charge on any atom is 0.122 e. The molecule has 19 heavy (non-hydrogen) atoms. The first-order valence-corrected chi connectivity index (χ1v) is 6.37. The number of methoxy groups -OCH3 is 1. The third kappa shape index (κ3) is 2.24. The van der Waals surface area contributed by atoms with Crippen molar-refractivity contribution in [3.63, 3.8) is 0 Å². The number of nitrogens with two attached hydrogens (primary N) is 1. The topological polar surface area (TPSA) is 53.1 Å². The average Bonchev–Trinajstić information content (AvgIpc) is 2.65. The minimum atomic E-state index is 0.483. The van der Waals surface area contributed by atoms with Gasteiger partial charge in [0.25, 0.3) is 0 Å². The Balaban J connectivity index is 2.69. The highest BCUT2D eigenvalue weighted by atomic mass is 16.5. The van der Waals surface area contributed by atoms with E-state index in [-0.39, 0.29) is 0 Å². The molecular formula is C15H21N3O. The fraction of sp³-hybridized carbons (Fsp3) is 0.400. The number of rotatable bonds is 3. The van der Waals surface area contributed by atoms with Gasteiger partial charge in [-0.25, -0.2) is 0 Å². The van der Waals surface area contributed by atoms with Crippen LogP contribution < -0.4 is 10.5 Å². The summed E-state index contributed by atoms with van der Waals surface area (Å²) >= 11 is 0. The quantitative estimate of drug-likeness (QED) is 0.921. The van der Waals surface area contributed by atoms with Gasteiger partial charge in [0.05, 0.1) is 18.5 Å². The Morgan fingerprint density at radius 1 is 1.21 bits per heavy atom. The summed E-state index contributed by atoms with van der Waals surface area (Å²) < 4.78 is 7.23. The lowest BCUT2D eigenvalue weighted by Crippen LogP contribution is -2.05. The van der Waals surface area contributed by atoms with Crippen LogP contribution >= 0.6 is 0 Å². The molecule has 2 N–H and O–H groups in total. The molecule has 0 bridgehead atoms. The molecule has 0 spiro atoms. The molecule has 0 aliphatic carbocycles. The van der Waals surface area contributed by atoms with E-state index in [9.17, 15) is 0 Å². The van der Waals surface area contributed by atoms with Gasteiger partial charge in [-0.1, -0.05) is 0 Å². The van der Waals surface area contributed by atoms with E-state index >= 15 is 0 Å². The third-order valence-electron chi connectivity index (χ3n) is 3.55. The lowest BCUT2D eigenvalue weighted by atomic mass is 9.96. The van der Waals surface area contributed by atoms with Crippen LogP contribution in [-0.2, 0) is 13.6 Å². The fourth-order valence-corrected chi connectivity index (χ4v) is 2.57. The highest BCUT2D eigenvalue weighted by Crippen LogP contribution is 2.33. The Morgan fingerprint density at radius 3 is 2.47 bits per heavy atom. The molecule has 0 atom stereocenters. The normalized spacial score (nSPS) is 10.8. The van der Waals surface area contributed by atoms with Gasteiger partial charge in [0.2, 0.25) is 0 Å². The van der Waals surface area contributed by atoms with Gasteiger partial charge in [-0.15, -0.1) is 0 Å². The summed E-state index contributed by atoms with van der Waals surface area (Å²) in [5, 5.41) is 4.48. The van der Waals surface area contributed by atoms with E-state index in [0.717, 1.165) is 28.3 Å². The van der Waals surface area contributed by atoms with E-state index in [2.05, 4.69) is 31.1 Å². The van der Waals surface area contributed by atoms with Crippen LogP contribution in [0.25, 0.3) is 11.1 Å². The molecule has 0 fully saturated rings. The number of aryl methyl sites for hydroxylation is 4. The number of ether oxygens (including phenoxy) is 1. The number of hydrogen-bond donors (Lipinski definition) is 1. The van der Waals surface area contributed by atoms with Crippen LogP contribution in [0.5, 0.6) is 5.75 Å². The monoisotopic (exact) mass is 259 g/mol. The van der Waals surface area contributed by atoms with Crippen molar-refractivity contribution in [2.75, 3.05) is 7.11 Å². The zero-order chi connectivity index (χ0) is 14.2. The van der Waals surface area contributed by atoms with Gasteiger partial charge in [-0.05, 0) is 49.6 Å². The van der Waals surface area contributed by atoms with Crippen LogP contribution in [0.15, 0.2) is 12.1 Å². The molecule has 1 heterocycles. The first-order valence-electron chi connectivity index (χ1n) is 6.37. The minimum absolute atomic E-state index is 0.483. The summed E-state index contributed by atoms with van der Waals surface area (Å²) in [5.41, 5.74) is 12.6. The number of nitrogens with zero attached hydrogens (tertiary/aromatic N) is 2. The predicted molar refractivity (Wildman–Crippen MR) is 77.3 cm³/mol.